The van der Waals surface area contributed by atoms with E-state index in [1.165, 1.54) is 11.1 Å². The van der Waals surface area contributed by atoms with Crippen LogP contribution in [0, 0.1) is 5.92 Å². The van der Waals surface area contributed by atoms with Crippen molar-refractivity contribution in [2.45, 2.75) is 39.3 Å². The Balaban J connectivity index is 1.73. The molecule has 0 aliphatic heterocycles. The number of hydrogen-bond acceptors (Lipinski definition) is 2. The fourth-order valence-electron chi connectivity index (χ4n) is 3.02. The number of nitrogens with zero attached hydrogens (tertiary/aromatic N) is 1. The van der Waals surface area contributed by atoms with Crippen LogP contribution >= 0.6 is 15.9 Å². The Labute approximate surface area is 128 Å². The highest BCUT2D eigenvalue weighted by molar-refractivity contribution is 9.10. The Kier molecular flexibility index (Phi) is 3.94. The van der Waals surface area contributed by atoms with E-state index < -0.39 is 0 Å². The first-order valence-electron chi connectivity index (χ1n) is 7.22. The lowest BCUT2D eigenvalue weighted by atomic mass is 10.0. The highest BCUT2D eigenvalue weighted by atomic mass is 79.9. The molecule has 1 aromatic heterocycles. The molecule has 0 fully saturated rings. The molecule has 2 aromatic rings. The van der Waals surface area contributed by atoms with Gasteiger partial charge in [0.1, 0.15) is 0 Å². The minimum atomic E-state index is 0.427. The van der Waals surface area contributed by atoms with Crippen molar-refractivity contribution in [3.05, 3.63) is 51.3 Å². The lowest BCUT2D eigenvalue weighted by Crippen LogP contribution is -2.23. The molecule has 1 aliphatic carbocycles. The summed E-state index contributed by atoms with van der Waals surface area (Å²) < 4.78 is 1.16. The van der Waals surface area contributed by atoms with Gasteiger partial charge in [0.2, 0.25) is 0 Å². The molecule has 0 saturated heterocycles. The fourth-order valence-corrected chi connectivity index (χ4v) is 3.40. The van der Waals surface area contributed by atoms with Crippen LogP contribution in [0.15, 0.2) is 28.7 Å². The van der Waals surface area contributed by atoms with Gasteiger partial charge < -0.3 is 5.32 Å². The summed E-state index contributed by atoms with van der Waals surface area (Å²) in [6, 6.07) is 9.20. The van der Waals surface area contributed by atoms with E-state index in [4.69, 9.17) is 0 Å². The van der Waals surface area contributed by atoms with Gasteiger partial charge in [0.05, 0.1) is 5.69 Å². The molecule has 0 spiro atoms. The molecule has 1 heterocycles. The molecule has 20 heavy (non-hydrogen) atoms. The summed E-state index contributed by atoms with van der Waals surface area (Å²) in [7, 11) is 0. The fraction of sp³-hybridized carbons (Fsp3) is 0.438. The van der Waals surface area contributed by atoms with Crippen molar-refractivity contribution in [2.24, 2.45) is 5.92 Å². The third-order valence-corrected chi connectivity index (χ3v) is 4.61. The van der Waals surface area contributed by atoms with Crippen LogP contribution in [0.1, 0.15) is 42.4 Å². The van der Waals surface area contributed by atoms with E-state index in [0.29, 0.717) is 12.0 Å². The molecule has 1 aromatic carbocycles. The van der Waals surface area contributed by atoms with Gasteiger partial charge in [0.25, 0.3) is 0 Å². The Morgan fingerprint density at radius 3 is 3.00 bits per heavy atom. The van der Waals surface area contributed by atoms with Crippen molar-refractivity contribution in [3.8, 4) is 0 Å². The van der Waals surface area contributed by atoms with E-state index >= 15 is 0 Å². The predicted molar refractivity (Wildman–Crippen MR) is 84.6 cm³/mol. The second-order valence-corrected chi connectivity index (χ2v) is 6.54. The minimum absolute atomic E-state index is 0.427. The topological polar surface area (TPSA) is 40.7 Å². The van der Waals surface area contributed by atoms with Gasteiger partial charge >= 0.3 is 0 Å². The molecule has 4 heteroatoms. The van der Waals surface area contributed by atoms with Gasteiger partial charge in [-0.1, -0.05) is 35.8 Å². The minimum Gasteiger partial charge on any atom is -0.304 e. The summed E-state index contributed by atoms with van der Waals surface area (Å²) in [5.74, 6) is 0.632. The molecule has 2 N–H and O–H groups in total. The summed E-state index contributed by atoms with van der Waals surface area (Å²) in [4.78, 5) is 0. The number of nitrogens with one attached hydrogen (secondary N) is 2. The van der Waals surface area contributed by atoms with E-state index in [0.717, 1.165) is 35.2 Å². The second kappa shape index (κ2) is 5.70. The van der Waals surface area contributed by atoms with Crippen LogP contribution in [-0.2, 0) is 19.4 Å². The number of rotatable bonds is 4. The zero-order chi connectivity index (χ0) is 14.1. The summed E-state index contributed by atoms with van der Waals surface area (Å²) in [5.41, 5.74) is 5.20. The molecular formula is C16H20BrN3. The van der Waals surface area contributed by atoms with Crippen molar-refractivity contribution < 1.29 is 0 Å². The number of halogens is 1. The first-order chi connectivity index (χ1) is 9.67. The summed E-state index contributed by atoms with van der Waals surface area (Å²) in [6.07, 6.45) is 2.13. The van der Waals surface area contributed by atoms with Crippen LogP contribution in [0.3, 0.4) is 0 Å². The van der Waals surface area contributed by atoms with Gasteiger partial charge in [-0.05, 0) is 48.1 Å². The largest absolute Gasteiger partial charge is 0.304 e. The van der Waals surface area contributed by atoms with Crippen LogP contribution in [0.2, 0.25) is 0 Å². The number of aromatic amines is 1. The number of hydrogen-bond donors (Lipinski definition) is 2. The van der Waals surface area contributed by atoms with Crippen LogP contribution < -0.4 is 5.32 Å². The van der Waals surface area contributed by atoms with E-state index in [1.807, 2.05) is 0 Å². The van der Waals surface area contributed by atoms with Crippen molar-refractivity contribution in [1.29, 1.82) is 0 Å². The number of benzene rings is 1. The zero-order valence-electron chi connectivity index (χ0n) is 11.9. The zero-order valence-corrected chi connectivity index (χ0v) is 13.5. The van der Waals surface area contributed by atoms with Crippen molar-refractivity contribution in [2.75, 3.05) is 0 Å². The molecule has 2 atom stereocenters. The lowest BCUT2D eigenvalue weighted by Gasteiger charge is -2.18. The molecule has 0 radical (unpaired) electrons. The van der Waals surface area contributed by atoms with Gasteiger partial charge in [-0.3, -0.25) is 5.10 Å². The Morgan fingerprint density at radius 2 is 2.25 bits per heavy atom. The highest BCUT2D eigenvalue weighted by Crippen LogP contribution is 2.37. The maximum absolute atomic E-state index is 4.28. The molecule has 0 bridgehead atoms. The van der Waals surface area contributed by atoms with Crippen LogP contribution in [0.25, 0.3) is 0 Å². The van der Waals surface area contributed by atoms with Gasteiger partial charge in [-0.25, -0.2) is 0 Å². The highest BCUT2D eigenvalue weighted by Gasteiger charge is 2.28. The number of fused-ring (bicyclic) bond motifs is 1. The molecular weight excluding hydrogens is 314 g/mol. The average Bonchev–Trinajstić information content (AvgIpc) is 3.00. The SMILES string of the molecule is CCc1cc(CN[C@@H]2c3cc(Br)ccc3C[C@@H]2C)[nH]n1. The van der Waals surface area contributed by atoms with Crippen molar-refractivity contribution >= 4 is 15.9 Å². The van der Waals surface area contributed by atoms with Crippen LogP contribution in [0.5, 0.6) is 0 Å². The number of aromatic nitrogens is 2. The Morgan fingerprint density at radius 1 is 1.40 bits per heavy atom. The van der Waals surface area contributed by atoms with E-state index in [2.05, 4.69) is 69.6 Å². The van der Waals surface area contributed by atoms with Crippen LogP contribution in [-0.4, -0.2) is 10.2 Å². The van der Waals surface area contributed by atoms with Crippen molar-refractivity contribution in [1.82, 2.24) is 15.5 Å². The van der Waals surface area contributed by atoms with Crippen molar-refractivity contribution in [3.63, 3.8) is 0 Å². The van der Waals surface area contributed by atoms with Crippen LogP contribution in [0.4, 0.5) is 0 Å². The smallest absolute Gasteiger partial charge is 0.0622 e. The number of aryl methyl sites for hydroxylation is 1. The van der Waals surface area contributed by atoms with Gasteiger partial charge in [-0.2, -0.15) is 5.10 Å². The Bertz CT molecular complexity index is 606. The molecule has 0 unspecified atom stereocenters. The maximum atomic E-state index is 4.28. The number of H-pyrrole nitrogens is 1. The monoisotopic (exact) mass is 333 g/mol. The van der Waals surface area contributed by atoms with E-state index in [9.17, 15) is 0 Å². The molecule has 106 valence electrons. The maximum Gasteiger partial charge on any atom is 0.0622 e. The molecule has 0 amide bonds. The van der Waals surface area contributed by atoms with Gasteiger partial charge in [0, 0.05) is 22.8 Å². The molecule has 3 nitrogen and oxygen atoms in total. The van der Waals surface area contributed by atoms with E-state index in [1.54, 1.807) is 0 Å². The molecule has 0 saturated carbocycles. The molecule has 1 aliphatic rings. The normalized spacial score (nSPS) is 21.1. The summed E-state index contributed by atoms with van der Waals surface area (Å²) in [5, 5.41) is 11.1. The first-order valence-corrected chi connectivity index (χ1v) is 8.01. The predicted octanol–water partition coefficient (Wildman–Crippen LogP) is 3.76. The summed E-state index contributed by atoms with van der Waals surface area (Å²) >= 11 is 3.58. The van der Waals surface area contributed by atoms with E-state index in [-0.39, 0.29) is 0 Å². The molecule has 3 rings (SSSR count). The quantitative estimate of drug-likeness (QED) is 0.894. The van der Waals surface area contributed by atoms with Gasteiger partial charge in [0.15, 0.2) is 0 Å². The Hall–Kier alpha value is -1.13. The summed E-state index contributed by atoms with van der Waals surface area (Å²) in [6.45, 7) is 5.28. The third kappa shape index (κ3) is 2.67. The second-order valence-electron chi connectivity index (χ2n) is 5.62. The first kappa shape index (κ1) is 13.8. The lowest BCUT2D eigenvalue weighted by molar-refractivity contribution is 0.413. The average molecular weight is 334 g/mol. The third-order valence-electron chi connectivity index (χ3n) is 4.11. The van der Waals surface area contributed by atoms with Gasteiger partial charge in [-0.15, -0.1) is 0 Å². The standard InChI is InChI=1S/C16H20BrN3/c1-3-13-8-14(20-19-13)9-18-16-10(2)6-11-4-5-12(17)7-15(11)16/h4-5,7-8,10,16,18H,3,6,9H2,1-2H3,(H,19,20)/t10-,16-/m0/s1.